The molecule has 32 heavy (non-hydrogen) atoms. The van der Waals surface area contributed by atoms with E-state index in [9.17, 15) is 24.5 Å². The number of allylic oxidation sites excluding steroid dienone is 1. The van der Waals surface area contributed by atoms with E-state index in [4.69, 9.17) is 4.74 Å². The number of nitro groups is 1. The maximum Gasteiger partial charge on any atom is 0.336 e. The van der Waals surface area contributed by atoms with Gasteiger partial charge in [0, 0.05) is 35.6 Å². The molecule has 9 heteroatoms. The number of nitrogens with one attached hydrogen (secondary N) is 1. The van der Waals surface area contributed by atoms with Gasteiger partial charge in [-0.05, 0) is 44.5 Å². The van der Waals surface area contributed by atoms with Crippen molar-refractivity contribution in [3.8, 4) is 0 Å². The first-order valence-corrected chi connectivity index (χ1v) is 10.1. The van der Waals surface area contributed by atoms with Gasteiger partial charge in [-0.25, -0.2) is 4.79 Å². The molecule has 1 heterocycles. The van der Waals surface area contributed by atoms with Gasteiger partial charge >= 0.3 is 5.97 Å². The number of benzene rings is 2. The Morgan fingerprint density at radius 2 is 1.88 bits per heavy atom. The summed E-state index contributed by atoms with van der Waals surface area (Å²) in [6, 6.07) is 12.9. The van der Waals surface area contributed by atoms with E-state index in [1.54, 1.807) is 45.0 Å². The average molecular weight is 437 g/mol. The van der Waals surface area contributed by atoms with Gasteiger partial charge in [-0.15, -0.1) is 0 Å². The molecule has 2 aromatic carbocycles. The lowest BCUT2D eigenvalue weighted by Gasteiger charge is -2.33. The van der Waals surface area contributed by atoms with Gasteiger partial charge in [-0.2, -0.15) is 0 Å². The summed E-state index contributed by atoms with van der Waals surface area (Å²) in [7, 11) is 0. The van der Waals surface area contributed by atoms with Crippen LogP contribution in [0, 0.1) is 23.0 Å². The summed E-state index contributed by atoms with van der Waals surface area (Å²) >= 11 is 0. The number of carbonyl (C=O) groups excluding carboxylic acids is 3. The van der Waals surface area contributed by atoms with Crippen LogP contribution in [-0.2, 0) is 19.1 Å². The van der Waals surface area contributed by atoms with Gasteiger partial charge in [0.2, 0.25) is 11.8 Å². The second-order valence-corrected chi connectivity index (χ2v) is 7.29. The Kier molecular flexibility index (Phi) is 6.67. The number of carbonyl (C=O) groups is 3. The van der Waals surface area contributed by atoms with Crippen molar-refractivity contribution in [2.75, 3.05) is 16.8 Å². The van der Waals surface area contributed by atoms with Crippen LogP contribution in [-0.4, -0.2) is 29.3 Å². The highest BCUT2D eigenvalue weighted by Gasteiger charge is 2.40. The molecule has 2 amide bonds. The van der Waals surface area contributed by atoms with Crippen LogP contribution in [0.1, 0.15) is 25.8 Å². The first-order chi connectivity index (χ1) is 15.2. The molecular weight excluding hydrogens is 414 g/mol. The molecule has 0 aliphatic carbocycles. The van der Waals surface area contributed by atoms with Crippen molar-refractivity contribution in [1.29, 1.82) is 0 Å². The van der Waals surface area contributed by atoms with Crippen LogP contribution in [0.5, 0.6) is 0 Å². The van der Waals surface area contributed by atoms with Crippen LogP contribution in [0.3, 0.4) is 0 Å². The monoisotopic (exact) mass is 437 g/mol. The second kappa shape index (κ2) is 9.42. The van der Waals surface area contributed by atoms with Crippen molar-refractivity contribution in [1.82, 2.24) is 0 Å². The average Bonchev–Trinajstić information content (AvgIpc) is 2.75. The molecule has 3 rings (SSSR count). The van der Waals surface area contributed by atoms with E-state index in [0.29, 0.717) is 22.6 Å². The highest BCUT2D eigenvalue weighted by molar-refractivity contribution is 6.10. The molecule has 0 saturated heterocycles. The van der Waals surface area contributed by atoms with Crippen molar-refractivity contribution in [2.24, 2.45) is 5.92 Å². The fourth-order valence-electron chi connectivity index (χ4n) is 3.69. The summed E-state index contributed by atoms with van der Waals surface area (Å²) in [5, 5.41) is 13.6. The Balaban J connectivity index is 1.98. The summed E-state index contributed by atoms with van der Waals surface area (Å²) in [5.74, 6) is -2.62. The predicted octanol–water partition coefficient (Wildman–Crippen LogP) is 3.73. The molecule has 2 aromatic rings. The number of non-ortho nitro benzene ring substituents is 1. The van der Waals surface area contributed by atoms with Crippen LogP contribution in [0.25, 0.3) is 0 Å². The zero-order valence-corrected chi connectivity index (χ0v) is 18.0. The SMILES string of the molecule is CCOC(=O)C1=C(C)N(c2ccccc2)C(=O)C[C@H]1C(=O)Nc1ccc([N+](=O)[O-])cc1C. The lowest BCUT2D eigenvalue weighted by atomic mass is 9.88. The quantitative estimate of drug-likeness (QED) is 0.418. The minimum absolute atomic E-state index is 0.102. The molecule has 0 bridgehead atoms. The minimum Gasteiger partial charge on any atom is -0.463 e. The van der Waals surface area contributed by atoms with Gasteiger partial charge in [0.1, 0.15) is 0 Å². The number of rotatable bonds is 6. The van der Waals surface area contributed by atoms with Crippen molar-refractivity contribution in [2.45, 2.75) is 27.2 Å². The van der Waals surface area contributed by atoms with E-state index in [1.165, 1.54) is 23.1 Å². The third kappa shape index (κ3) is 4.51. The summed E-state index contributed by atoms with van der Waals surface area (Å²) in [6.07, 6.45) is -0.224. The van der Waals surface area contributed by atoms with Gasteiger partial charge < -0.3 is 10.1 Å². The molecule has 1 aliphatic heterocycles. The lowest BCUT2D eigenvalue weighted by molar-refractivity contribution is -0.384. The third-order valence-corrected chi connectivity index (χ3v) is 5.21. The van der Waals surface area contributed by atoms with E-state index >= 15 is 0 Å². The third-order valence-electron chi connectivity index (χ3n) is 5.21. The van der Waals surface area contributed by atoms with E-state index in [-0.39, 0.29) is 30.2 Å². The summed E-state index contributed by atoms with van der Waals surface area (Å²) in [5.41, 5.74) is 1.76. The first-order valence-electron chi connectivity index (χ1n) is 10.1. The minimum atomic E-state index is -1.06. The Hall–Kier alpha value is -4.01. The number of hydrogen-bond donors (Lipinski definition) is 1. The van der Waals surface area contributed by atoms with Gasteiger partial charge in [0.05, 0.1) is 23.0 Å². The van der Waals surface area contributed by atoms with Crippen molar-refractivity contribution in [3.63, 3.8) is 0 Å². The molecule has 0 fully saturated rings. The maximum absolute atomic E-state index is 13.1. The lowest BCUT2D eigenvalue weighted by Crippen LogP contribution is -2.43. The van der Waals surface area contributed by atoms with E-state index < -0.39 is 22.7 Å². The number of amides is 2. The topological polar surface area (TPSA) is 119 Å². The summed E-state index contributed by atoms with van der Waals surface area (Å²) < 4.78 is 5.18. The first kappa shape index (κ1) is 22.7. The standard InChI is InChI=1S/C23H23N3O6/c1-4-32-23(29)21-15(3)25(16-8-6-5-7-9-16)20(27)13-18(21)22(28)24-19-11-10-17(26(30)31)12-14(19)2/h5-12,18H,4,13H2,1-3H3,(H,24,28)/t18-/m1/s1. The summed E-state index contributed by atoms with van der Waals surface area (Å²) in [4.78, 5) is 50.7. The predicted molar refractivity (Wildman–Crippen MR) is 118 cm³/mol. The van der Waals surface area contributed by atoms with E-state index in [1.807, 2.05) is 6.07 Å². The van der Waals surface area contributed by atoms with E-state index in [2.05, 4.69) is 5.32 Å². The highest BCUT2D eigenvalue weighted by Crippen LogP contribution is 2.34. The molecule has 1 aliphatic rings. The molecule has 166 valence electrons. The van der Waals surface area contributed by atoms with Gasteiger partial charge in [0.25, 0.3) is 5.69 Å². The number of nitro benzene ring substituents is 1. The number of aryl methyl sites for hydroxylation is 1. The maximum atomic E-state index is 13.1. The Morgan fingerprint density at radius 1 is 1.19 bits per heavy atom. The Bertz CT molecular complexity index is 1110. The Labute approximate surface area is 184 Å². The number of para-hydroxylation sites is 1. The zero-order chi connectivity index (χ0) is 23.4. The fourth-order valence-corrected chi connectivity index (χ4v) is 3.69. The van der Waals surface area contributed by atoms with Crippen molar-refractivity contribution < 1.29 is 24.0 Å². The molecule has 0 aromatic heterocycles. The molecular formula is C23H23N3O6. The zero-order valence-electron chi connectivity index (χ0n) is 18.0. The number of esters is 1. The molecule has 1 atom stereocenters. The van der Waals surface area contributed by atoms with Crippen LogP contribution in [0.15, 0.2) is 59.8 Å². The molecule has 0 radical (unpaired) electrons. The van der Waals surface area contributed by atoms with Gasteiger partial charge in [-0.3, -0.25) is 24.6 Å². The smallest absolute Gasteiger partial charge is 0.336 e. The van der Waals surface area contributed by atoms with Crippen LogP contribution < -0.4 is 10.2 Å². The largest absolute Gasteiger partial charge is 0.463 e. The molecule has 0 unspecified atom stereocenters. The van der Waals surface area contributed by atoms with Gasteiger partial charge in [-0.1, -0.05) is 18.2 Å². The normalized spacial score (nSPS) is 16.0. The van der Waals surface area contributed by atoms with Crippen LogP contribution in [0.2, 0.25) is 0 Å². The Morgan fingerprint density at radius 3 is 2.47 bits per heavy atom. The van der Waals surface area contributed by atoms with Crippen LogP contribution in [0.4, 0.5) is 17.1 Å². The van der Waals surface area contributed by atoms with Crippen molar-refractivity contribution in [3.05, 3.63) is 75.5 Å². The fraction of sp³-hybridized carbons (Fsp3) is 0.261. The molecule has 1 N–H and O–H groups in total. The molecule has 0 saturated carbocycles. The highest BCUT2D eigenvalue weighted by atomic mass is 16.6. The van der Waals surface area contributed by atoms with Crippen LogP contribution >= 0.6 is 0 Å². The number of anilines is 2. The number of ether oxygens (including phenoxy) is 1. The molecule has 9 nitrogen and oxygen atoms in total. The molecule has 0 spiro atoms. The van der Waals surface area contributed by atoms with E-state index in [0.717, 1.165) is 0 Å². The second-order valence-electron chi connectivity index (χ2n) is 7.29. The van der Waals surface area contributed by atoms with Gasteiger partial charge in [0.15, 0.2) is 0 Å². The van der Waals surface area contributed by atoms with Crippen molar-refractivity contribution >= 4 is 34.8 Å². The number of hydrogen-bond acceptors (Lipinski definition) is 6. The summed E-state index contributed by atoms with van der Waals surface area (Å²) in [6.45, 7) is 5.00. The number of nitrogens with zero attached hydrogens (tertiary/aromatic N) is 2.